The molecule has 7 heteroatoms. The summed E-state index contributed by atoms with van der Waals surface area (Å²) in [6, 6.07) is 8.82. The Morgan fingerprint density at radius 1 is 1.33 bits per heavy atom. The van der Waals surface area contributed by atoms with E-state index in [2.05, 4.69) is 5.32 Å². The van der Waals surface area contributed by atoms with Gasteiger partial charge in [-0.05, 0) is 23.6 Å². The molecular weight excluding hydrogens is 348 g/mol. The van der Waals surface area contributed by atoms with Gasteiger partial charge >= 0.3 is 6.03 Å². The van der Waals surface area contributed by atoms with Crippen LogP contribution in [0.25, 0.3) is 0 Å². The Labute approximate surface area is 148 Å². The number of likely N-dealkylation sites (tertiary alicyclic amines) is 1. The Morgan fingerprint density at radius 3 is 2.96 bits per heavy atom. The highest BCUT2D eigenvalue weighted by Gasteiger charge is 2.47. The van der Waals surface area contributed by atoms with Crippen molar-refractivity contribution in [3.05, 3.63) is 45.6 Å². The Balaban J connectivity index is 1.49. The maximum Gasteiger partial charge on any atom is 0.322 e. The average Bonchev–Trinajstić information content (AvgIpc) is 3.15. The molecule has 2 aliphatic heterocycles. The predicted molar refractivity (Wildman–Crippen MR) is 93.3 cm³/mol. The van der Waals surface area contributed by atoms with Crippen LogP contribution in [0.15, 0.2) is 35.7 Å². The van der Waals surface area contributed by atoms with Crippen molar-refractivity contribution >= 4 is 40.4 Å². The third-order valence-corrected chi connectivity index (χ3v) is 5.63. The molecule has 0 saturated carbocycles. The molecule has 1 N–H and O–H groups in total. The number of nitrogens with zero attached hydrogens (tertiary/aromatic N) is 1. The zero-order valence-corrected chi connectivity index (χ0v) is 14.3. The molecule has 4 rings (SSSR count). The SMILES string of the molecule is O=C1CC2(CCN(C(=O)Nc3ccsc3Cl)C2)Oc2ccccc21. The number of thiophene rings is 1. The molecule has 1 fully saturated rings. The van der Waals surface area contributed by atoms with Crippen LogP contribution in [0.5, 0.6) is 5.75 Å². The standard InChI is InChI=1S/C17H15ClN2O3S/c18-15-12(5-8-24-15)19-16(22)20-7-6-17(10-20)9-13(21)11-3-1-2-4-14(11)23-17/h1-5,8H,6-7,9-10H2,(H,19,22). The molecule has 0 radical (unpaired) electrons. The van der Waals surface area contributed by atoms with Gasteiger partial charge in [-0.2, -0.15) is 0 Å². The number of Topliss-reactive ketones (excluding diaryl/α,β-unsaturated/α-hetero) is 1. The molecule has 2 aromatic rings. The number of carbonyl (C=O) groups is 2. The fraction of sp³-hybridized carbons (Fsp3) is 0.294. The molecule has 2 aliphatic rings. The van der Waals surface area contributed by atoms with Gasteiger partial charge in [-0.25, -0.2) is 4.79 Å². The summed E-state index contributed by atoms with van der Waals surface area (Å²) in [5.74, 6) is 0.678. The molecule has 2 amide bonds. The van der Waals surface area contributed by atoms with Crippen LogP contribution in [-0.4, -0.2) is 35.4 Å². The third kappa shape index (κ3) is 2.65. The van der Waals surface area contributed by atoms with Crippen molar-refractivity contribution in [2.45, 2.75) is 18.4 Å². The number of anilines is 1. The molecule has 1 aromatic carbocycles. The van der Waals surface area contributed by atoms with Gasteiger partial charge in [0.15, 0.2) is 5.78 Å². The van der Waals surface area contributed by atoms with Gasteiger partial charge in [0.2, 0.25) is 0 Å². The fourth-order valence-electron chi connectivity index (χ4n) is 3.26. The summed E-state index contributed by atoms with van der Waals surface area (Å²) in [6.07, 6.45) is 0.935. The maximum atomic E-state index is 12.4. The summed E-state index contributed by atoms with van der Waals surface area (Å²) in [6.45, 7) is 0.934. The second kappa shape index (κ2) is 5.79. The highest BCUT2D eigenvalue weighted by atomic mass is 35.5. The number of hydrogen-bond acceptors (Lipinski definition) is 4. The van der Waals surface area contributed by atoms with Crippen LogP contribution in [0.2, 0.25) is 4.34 Å². The maximum absolute atomic E-state index is 12.4. The van der Waals surface area contributed by atoms with E-state index in [9.17, 15) is 9.59 Å². The van der Waals surface area contributed by atoms with Crippen LogP contribution in [0, 0.1) is 0 Å². The summed E-state index contributed by atoms with van der Waals surface area (Å²) in [5.41, 5.74) is 0.607. The normalized spacial score (nSPS) is 22.4. The van der Waals surface area contributed by atoms with E-state index in [-0.39, 0.29) is 11.8 Å². The van der Waals surface area contributed by atoms with E-state index in [1.807, 2.05) is 23.6 Å². The summed E-state index contributed by atoms with van der Waals surface area (Å²) in [7, 11) is 0. The van der Waals surface area contributed by atoms with Crippen molar-refractivity contribution in [1.29, 1.82) is 0 Å². The first-order chi connectivity index (χ1) is 11.6. The molecule has 5 nitrogen and oxygen atoms in total. The fourth-order valence-corrected chi connectivity index (χ4v) is 4.10. The number of urea groups is 1. The second-order valence-corrected chi connectivity index (χ2v) is 7.61. The zero-order chi connectivity index (χ0) is 16.7. The molecular formula is C17H15ClN2O3S. The quantitative estimate of drug-likeness (QED) is 0.832. The van der Waals surface area contributed by atoms with Gasteiger partial charge in [0.1, 0.15) is 15.7 Å². The molecule has 0 aliphatic carbocycles. The number of ketones is 1. The van der Waals surface area contributed by atoms with Crippen molar-refractivity contribution in [3.63, 3.8) is 0 Å². The largest absolute Gasteiger partial charge is 0.484 e. The topological polar surface area (TPSA) is 58.6 Å². The number of para-hydroxylation sites is 1. The lowest BCUT2D eigenvalue weighted by Crippen LogP contribution is -2.45. The van der Waals surface area contributed by atoms with Crippen LogP contribution in [0.3, 0.4) is 0 Å². The van der Waals surface area contributed by atoms with Crippen molar-refractivity contribution < 1.29 is 14.3 Å². The Kier molecular flexibility index (Phi) is 3.73. The van der Waals surface area contributed by atoms with E-state index in [1.54, 1.807) is 17.0 Å². The number of ether oxygens (including phenoxy) is 1. The number of carbonyl (C=O) groups excluding carboxylic acids is 2. The van der Waals surface area contributed by atoms with Gasteiger partial charge in [0.05, 0.1) is 24.2 Å². The lowest BCUT2D eigenvalue weighted by atomic mass is 9.89. The number of benzene rings is 1. The molecule has 0 bridgehead atoms. The first-order valence-corrected chi connectivity index (χ1v) is 8.92. The smallest absolute Gasteiger partial charge is 0.322 e. The molecule has 124 valence electrons. The van der Waals surface area contributed by atoms with Crippen molar-refractivity contribution in [3.8, 4) is 5.75 Å². The third-order valence-electron chi connectivity index (χ3n) is 4.46. The summed E-state index contributed by atoms with van der Waals surface area (Å²) >= 11 is 7.39. The monoisotopic (exact) mass is 362 g/mol. The van der Waals surface area contributed by atoms with Crippen LogP contribution < -0.4 is 10.1 Å². The Bertz CT molecular complexity index is 822. The molecule has 1 spiro atoms. The van der Waals surface area contributed by atoms with E-state index in [0.29, 0.717) is 47.3 Å². The number of nitrogens with one attached hydrogen (secondary N) is 1. The van der Waals surface area contributed by atoms with Crippen LogP contribution in [0.4, 0.5) is 10.5 Å². The number of rotatable bonds is 1. The molecule has 1 saturated heterocycles. The van der Waals surface area contributed by atoms with E-state index in [4.69, 9.17) is 16.3 Å². The molecule has 1 aromatic heterocycles. The second-order valence-electron chi connectivity index (χ2n) is 6.09. The van der Waals surface area contributed by atoms with E-state index >= 15 is 0 Å². The number of fused-ring (bicyclic) bond motifs is 1. The number of amides is 2. The predicted octanol–water partition coefficient (Wildman–Crippen LogP) is 4.04. The lowest BCUT2D eigenvalue weighted by Gasteiger charge is -2.34. The van der Waals surface area contributed by atoms with Gasteiger partial charge in [0.25, 0.3) is 0 Å². The number of halogens is 1. The molecule has 24 heavy (non-hydrogen) atoms. The van der Waals surface area contributed by atoms with Gasteiger partial charge in [-0.15, -0.1) is 11.3 Å². The van der Waals surface area contributed by atoms with Gasteiger partial charge in [-0.3, -0.25) is 4.79 Å². The van der Waals surface area contributed by atoms with E-state index < -0.39 is 5.60 Å². The molecule has 1 atom stereocenters. The highest BCUT2D eigenvalue weighted by molar-refractivity contribution is 7.15. The minimum atomic E-state index is -0.624. The van der Waals surface area contributed by atoms with Crippen LogP contribution in [-0.2, 0) is 0 Å². The first kappa shape index (κ1) is 15.5. The molecule has 3 heterocycles. The minimum Gasteiger partial charge on any atom is -0.484 e. The summed E-state index contributed by atoms with van der Waals surface area (Å²) in [5, 5.41) is 4.63. The van der Waals surface area contributed by atoms with Crippen LogP contribution in [0.1, 0.15) is 23.2 Å². The first-order valence-electron chi connectivity index (χ1n) is 7.66. The lowest BCUT2D eigenvalue weighted by molar-refractivity contribution is 0.0482. The van der Waals surface area contributed by atoms with Crippen molar-refractivity contribution in [2.24, 2.45) is 0 Å². The van der Waals surface area contributed by atoms with Gasteiger partial charge < -0.3 is 15.0 Å². The van der Waals surface area contributed by atoms with Crippen molar-refractivity contribution in [1.82, 2.24) is 4.90 Å². The van der Waals surface area contributed by atoms with Gasteiger partial charge in [-0.1, -0.05) is 23.7 Å². The molecule has 1 unspecified atom stereocenters. The van der Waals surface area contributed by atoms with Gasteiger partial charge in [0, 0.05) is 13.0 Å². The summed E-state index contributed by atoms with van der Waals surface area (Å²) < 4.78 is 6.67. The van der Waals surface area contributed by atoms with Crippen LogP contribution >= 0.6 is 22.9 Å². The van der Waals surface area contributed by atoms with E-state index in [0.717, 1.165) is 0 Å². The van der Waals surface area contributed by atoms with Crippen molar-refractivity contribution in [2.75, 3.05) is 18.4 Å². The van der Waals surface area contributed by atoms with E-state index in [1.165, 1.54) is 11.3 Å². The average molecular weight is 363 g/mol. The number of hydrogen-bond donors (Lipinski definition) is 1. The minimum absolute atomic E-state index is 0.0694. The zero-order valence-electron chi connectivity index (χ0n) is 12.8. The Morgan fingerprint density at radius 2 is 2.17 bits per heavy atom. The summed E-state index contributed by atoms with van der Waals surface area (Å²) in [4.78, 5) is 26.5. The Hall–Kier alpha value is -2.05. The highest BCUT2D eigenvalue weighted by Crippen LogP contribution is 2.39.